The van der Waals surface area contributed by atoms with E-state index in [-0.39, 0.29) is 0 Å². The number of ether oxygens (including phenoxy) is 1. The van der Waals surface area contributed by atoms with Gasteiger partial charge in [-0.05, 0) is 37.6 Å². The monoisotopic (exact) mass is 351 g/mol. The predicted molar refractivity (Wildman–Crippen MR) is 97.2 cm³/mol. The molecular weight excluding hydrogens is 330 g/mol. The van der Waals surface area contributed by atoms with Gasteiger partial charge >= 0.3 is 0 Å². The molecule has 0 N–H and O–H groups in total. The van der Waals surface area contributed by atoms with Crippen molar-refractivity contribution in [1.29, 1.82) is 0 Å². The molecule has 6 heteroatoms. The summed E-state index contributed by atoms with van der Waals surface area (Å²) in [5.41, 5.74) is 5.36. The van der Waals surface area contributed by atoms with Gasteiger partial charge in [0.05, 0.1) is 11.2 Å². The van der Waals surface area contributed by atoms with E-state index in [1.54, 1.807) is 11.3 Å². The summed E-state index contributed by atoms with van der Waals surface area (Å²) in [6.07, 6.45) is 0. The average Bonchev–Trinajstić information content (AvgIpc) is 2.94. The Kier molecular flexibility index (Phi) is 5.41. The Morgan fingerprint density at radius 3 is 2.65 bits per heavy atom. The number of anilines is 1. The normalized spacial score (nSPS) is 15.9. The molecule has 1 aromatic carbocycles. The van der Waals surface area contributed by atoms with E-state index in [2.05, 4.69) is 27.8 Å². The summed E-state index contributed by atoms with van der Waals surface area (Å²) in [4.78, 5) is 9.10. The molecule has 0 spiro atoms. The fraction of sp³-hybridized carbons (Fsp3) is 0.471. The van der Waals surface area contributed by atoms with Crippen molar-refractivity contribution in [2.75, 3.05) is 44.2 Å². The van der Waals surface area contributed by atoms with Gasteiger partial charge in [0, 0.05) is 43.4 Å². The van der Waals surface area contributed by atoms with Crippen LogP contribution in [0, 0.1) is 13.8 Å². The van der Waals surface area contributed by atoms with Gasteiger partial charge < -0.3 is 9.64 Å². The Balaban J connectivity index is 1.46. The molecule has 2 heterocycles. The van der Waals surface area contributed by atoms with Crippen molar-refractivity contribution in [1.82, 2.24) is 9.88 Å². The van der Waals surface area contributed by atoms with E-state index in [1.165, 1.54) is 11.3 Å². The van der Waals surface area contributed by atoms with Crippen molar-refractivity contribution in [3.63, 3.8) is 0 Å². The fourth-order valence-electron chi connectivity index (χ4n) is 2.88. The molecule has 0 aliphatic carbocycles. The first kappa shape index (κ1) is 16.6. The third-order valence-electron chi connectivity index (χ3n) is 4.21. The first-order chi connectivity index (χ1) is 11.1. The Morgan fingerprint density at radius 2 is 2.00 bits per heavy atom. The average molecular weight is 352 g/mol. The SMILES string of the molecule is Cc1cc(Cl)ccc1N1CCN(CCOc2scnc2C)CC1. The van der Waals surface area contributed by atoms with Gasteiger partial charge in [-0.25, -0.2) is 4.98 Å². The molecule has 0 atom stereocenters. The number of aryl methyl sites for hydroxylation is 2. The molecule has 2 aromatic rings. The highest BCUT2D eigenvalue weighted by molar-refractivity contribution is 7.11. The van der Waals surface area contributed by atoms with E-state index in [0.717, 1.165) is 55.1 Å². The Bertz CT molecular complexity index is 653. The maximum atomic E-state index is 6.05. The van der Waals surface area contributed by atoms with Gasteiger partial charge in [-0.3, -0.25) is 4.90 Å². The van der Waals surface area contributed by atoms with Crippen LogP contribution in [0.25, 0.3) is 0 Å². The van der Waals surface area contributed by atoms with Crippen LogP contribution in [0.15, 0.2) is 23.7 Å². The van der Waals surface area contributed by atoms with Crippen molar-refractivity contribution < 1.29 is 4.74 Å². The van der Waals surface area contributed by atoms with E-state index in [4.69, 9.17) is 16.3 Å². The summed E-state index contributed by atoms with van der Waals surface area (Å²) in [6.45, 7) is 10.0. The predicted octanol–water partition coefficient (Wildman–Crippen LogP) is 3.61. The van der Waals surface area contributed by atoms with Gasteiger partial charge in [-0.15, -0.1) is 0 Å². The molecule has 3 rings (SSSR count). The lowest BCUT2D eigenvalue weighted by atomic mass is 10.1. The quantitative estimate of drug-likeness (QED) is 0.822. The lowest BCUT2D eigenvalue weighted by molar-refractivity contribution is 0.202. The lowest BCUT2D eigenvalue weighted by Crippen LogP contribution is -2.47. The van der Waals surface area contributed by atoms with E-state index in [9.17, 15) is 0 Å². The van der Waals surface area contributed by atoms with Crippen LogP contribution in [0.2, 0.25) is 5.02 Å². The molecule has 124 valence electrons. The first-order valence-electron chi connectivity index (χ1n) is 7.90. The van der Waals surface area contributed by atoms with E-state index < -0.39 is 0 Å². The highest BCUT2D eigenvalue weighted by Crippen LogP contribution is 2.25. The zero-order valence-electron chi connectivity index (χ0n) is 13.6. The molecule has 0 amide bonds. The minimum absolute atomic E-state index is 0.725. The van der Waals surface area contributed by atoms with Gasteiger partial charge in [-0.1, -0.05) is 22.9 Å². The van der Waals surface area contributed by atoms with Crippen molar-refractivity contribution in [3.8, 4) is 5.06 Å². The molecule has 0 bridgehead atoms. The Labute approximate surface area is 146 Å². The molecule has 1 aromatic heterocycles. The second kappa shape index (κ2) is 7.51. The molecule has 0 saturated carbocycles. The van der Waals surface area contributed by atoms with Gasteiger partial charge in [0.1, 0.15) is 6.61 Å². The lowest BCUT2D eigenvalue weighted by Gasteiger charge is -2.36. The largest absolute Gasteiger partial charge is 0.481 e. The van der Waals surface area contributed by atoms with Gasteiger partial charge in [-0.2, -0.15) is 0 Å². The van der Waals surface area contributed by atoms with Gasteiger partial charge in [0.25, 0.3) is 0 Å². The minimum Gasteiger partial charge on any atom is -0.481 e. The van der Waals surface area contributed by atoms with Crippen LogP contribution >= 0.6 is 22.9 Å². The topological polar surface area (TPSA) is 28.6 Å². The van der Waals surface area contributed by atoms with Crippen LogP contribution in [0.5, 0.6) is 5.06 Å². The fourth-order valence-corrected chi connectivity index (χ4v) is 3.79. The number of nitrogens with zero attached hydrogens (tertiary/aromatic N) is 3. The highest BCUT2D eigenvalue weighted by atomic mass is 35.5. The summed E-state index contributed by atoms with van der Waals surface area (Å²) in [6, 6.07) is 6.14. The maximum absolute atomic E-state index is 6.05. The summed E-state index contributed by atoms with van der Waals surface area (Å²) >= 11 is 7.61. The van der Waals surface area contributed by atoms with E-state index in [0.29, 0.717) is 0 Å². The van der Waals surface area contributed by atoms with Crippen molar-refractivity contribution in [2.45, 2.75) is 13.8 Å². The molecule has 1 aliphatic rings. The molecular formula is C17H22ClN3OS. The highest BCUT2D eigenvalue weighted by Gasteiger charge is 2.18. The molecule has 1 fully saturated rings. The molecule has 23 heavy (non-hydrogen) atoms. The standard InChI is InChI=1S/C17H22ClN3OS/c1-13-11-15(18)3-4-16(13)21-7-5-20(6-8-21)9-10-22-17-14(2)19-12-23-17/h3-4,11-12H,5-10H2,1-2H3. The number of piperazine rings is 1. The first-order valence-corrected chi connectivity index (χ1v) is 9.15. The number of benzene rings is 1. The number of hydrogen-bond donors (Lipinski definition) is 0. The van der Waals surface area contributed by atoms with Crippen molar-refractivity contribution in [3.05, 3.63) is 40.0 Å². The zero-order valence-corrected chi connectivity index (χ0v) is 15.2. The number of thiazole rings is 1. The third-order valence-corrected chi connectivity index (χ3v) is 5.29. The number of rotatable bonds is 5. The Hall–Kier alpha value is -1.30. The minimum atomic E-state index is 0.725. The van der Waals surface area contributed by atoms with Crippen LogP contribution in [-0.4, -0.2) is 49.2 Å². The van der Waals surface area contributed by atoms with Crippen LogP contribution in [0.4, 0.5) is 5.69 Å². The maximum Gasteiger partial charge on any atom is 0.196 e. The van der Waals surface area contributed by atoms with E-state index in [1.807, 2.05) is 24.6 Å². The smallest absolute Gasteiger partial charge is 0.196 e. The van der Waals surface area contributed by atoms with Crippen LogP contribution in [0.1, 0.15) is 11.3 Å². The molecule has 1 aliphatic heterocycles. The summed E-state index contributed by atoms with van der Waals surface area (Å²) in [5, 5.41) is 1.75. The van der Waals surface area contributed by atoms with Gasteiger partial charge in [0.2, 0.25) is 0 Å². The number of halogens is 1. The van der Waals surface area contributed by atoms with E-state index >= 15 is 0 Å². The summed E-state index contributed by atoms with van der Waals surface area (Å²) < 4.78 is 5.81. The summed E-state index contributed by atoms with van der Waals surface area (Å²) in [7, 11) is 0. The zero-order chi connectivity index (χ0) is 16.2. The molecule has 0 unspecified atom stereocenters. The van der Waals surface area contributed by atoms with Crippen molar-refractivity contribution in [2.24, 2.45) is 0 Å². The number of hydrogen-bond acceptors (Lipinski definition) is 5. The van der Waals surface area contributed by atoms with Crippen molar-refractivity contribution >= 4 is 28.6 Å². The van der Waals surface area contributed by atoms with Crippen LogP contribution in [0.3, 0.4) is 0 Å². The summed E-state index contributed by atoms with van der Waals surface area (Å²) in [5.74, 6) is 0. The molecule has 0 radical (unpaired) electrons. The van der Waals surface area contributed by atoms with Crippen LogP contribution < -0.4 is 9.64 Å². The number of aromatic nitrogens is 1. The van der Waals surface area contributed by atoms with Crippen LogP contribution in [-0.2, 0) is 0 Å². The molecule has 1 saturated heterocycles. The third kappa shape index (κ3) is 4.16. The molecule has 4 nitrogen and oxygen atoms in total. The second-order valence-corrected chi connectivity index (χ2v) is 7.09. The van der Waals surface area contributed by atoms with Gasteiger partial charge in [0.15, 0.2) is 5.06 Å². The Morgan fingerprint density at radius 1 is 1.22 bits per heavy atom. The second-order valence-electron chi connectivity index (χ2n) is 5.83.